The van der Waals surface area contributed by atoms with E-state index in [1.165, 1.54) is 0 Å². The molecule has 1 aliphatic heterocycles. The molecule has 0 bridgehead atoms. The van der Waals surface area contributed by atoms with Gasteiger partial charge in [0.1, 0.15) is 18.9 Å². The lowest BCUT2D eigenvalue weighted by atomic mass is 10.1. The van der Waals surface area contributed by atoms with Gasteiger partial charge in [0.15, 0.2) is 12.4 Å². The Balaban J connectivity index is 2.43. The molecule has 4 atom stereocenters. The quantitative estimate of drug-likeness (QED) is 0.630. The summed E-state index contributed by atoms with van der Waals surface area (Å²) in [6, 6.07) is 0. The number of aliphatic hydroxyl groups excluding tert-OH is 2. The molecule has 0 amide bonds. The lowest BCUT2D eigenvalue weighted by Crippen LogP contribution is -2.37. The summed E-state index contributed by atoms with van der Waals surface area (Å²) in [5.41, 5.74) is -2.26. The van der Waals surface area contributed by atoms with E-state index in [-0.39, 0.29) is 5.56 Å². The van der Waals surface area contributed by atoms with Crippen molar-refractivity contribution in [3.05, 3.63) is 32.6 Å². The average Bonchev–Trinajstić information content (AvgIpc) is 2.67. The lowest BCUT2D eigenvalue weighted by Gasteiger charge is -2.16. The van der Waals surface area contributed by atoms with Crippen molar-refractivity contribution in [1.82, 2.24) is 9.55 Å². The van der Waals surface area contributed by atoms with E-state index in [0.29, 0.717) is 4.57 Å². The zero-order chi connectivity index (χ0) is 14.2. The van der Waals surface area contributed by atoms with Gasteiger partial charge in [-0.05, 0) is 0 Å². The van der Waals surface area contributed by atoms with Gasteiger partial charge in [0.25, 0.3) is 5.56 Å². The van der Waals surface area contributed by atoms with E-state index >= 15 is 0 Å². The normalized spacial score (nSPS) is 30.7. The molecule has 0 unspecified atom stereocenters. The van der Waals surface area contributed by atoms with Crippen LogP contribution in [-0.4, -0.2) is 44.8 Å². The number of aromatic amines is 1. The molecular weight excluding hydrogens is 266 g/mol. The lowest BCUT2D eigenvalue weighted by molar-refractivity contribution is -0.0492. The summed E-state index contributed by atoms with van der Waals surface area (Å²) in [5.74, 6) is 0. The van der Waals surface area contributed by atoms with Crippen LogP contribution in [0.5, 0.6) is 0 Å². The van der Waals surface area contributed by atoms with Crippen LogP contribution in [0.15, 0.2) is 15.8 Å². The van der Waals surface area contributed by atoms with Gasteiger partial charge >= 0.3 is 5.69 Å². The summed E-state index contributed by atoms with van der Waals surface area (Å²) in [5, 5.41) is 18.3. The molecule has 1 aliphatic rings. The highest BCUT2D eigenvalue weighted by molar-refractivity contribution is 5.04. The topological polar surface area (TPSA) is 105 Å². The molecule has 2 heterocycles. The Morgan fingerprint density at radius 2 is 2.16 bits per heavy atom. The molecule has 106 valence electrons. The molecular formula is C10H12F2N2O5. The number of nitrogens with zero attached hydrogens (tertiary/aromatic N) is 1. The van der Waals surface area contributed by atoms with Crippen LogP contribution in [-0.2, 0) is 11.4 Å². The second-order valence-electron chi connectivity index (χ2n) is 4.14. The molecule has 1 fully saturated rings. The minimum atomic E-state index is -1.98. The monoisotopic (exact) mass is 278 g/mol. The minimum Gasteiger partial charge on any atom is -0.394 e. The molecule has 0 spiro atoms. The largest absolute Gasteiger partial charge is 0.394 e. The number of halogens is 2. The molecule has 0 aromatic carbocycles. The van der Waals surface area contributed by atoms with Gasteiger partial charge in [0.2, 0.25) is 0 Å². The molecule has 3 N–H and O–H groups in total. The van der Waals surface area contributed by atoms with Crippen molar-refractivity contribution in [2.24, 2.45) is 0 Å². The summed E-state index contributed by atoms with van der Waals surface area (Å²) in [6.07, 6.45) is -5.46. The Bertz CT molecular complexity index is 572. The van der Waals surface area contributed by atoms with Crippen LogP contribution in [0.1, 0.15) is 11.8 Å². The Kier molecular flexibility index (Phi) is 3.78. The van der Waals surface area contributed by atoms with Gasteiger partial charge in [-0.3, -0.25) is 14.3 Å². The van der Waals surface area contributed by atoms with Crippen molar-refractivity contribution in [2.75, 3.05) is 6.61 Å². The standard InChI is InChI=1S/C10H12F2N2O5/c11-1-4-2-14(10(18)13-8(4)17)9-6(12)7(16)5(3-15)19-9/h2,5-7,9,15-16H,1,3H2,(H,13,17,18)/t5-,6-,7-,9-/m1/s1. The van der Waals surface area contributed by atoms with E-state index in [1.807, 2.05) is 4.98 Å². The number of hydrogen-bond acceptors (Lipinski definition) is 5. The fourth-order valence-electron chi connectivity index (χ4n) is 1.89. The van der Waals surface area contributed by atoms with Crippen LogP contribution in [0.2, 0.25) is 0 Å². The van der Waals surface area contributed by atoms with E-state index in [0.717, 1.165) is 6.20 Å². The highest BCUT2D eigenvalue weighted by Crippen LogP contribution is 2.30. The van der Waals surface area contributed by atoms with E-state index in [1.54, 1.807) is 0 Å². The highest BCUT2D eigenvalue weighted by Gasteiger charge is 2.45. The van der Waals surface area contributed by atoms with Gasteiger partial charge in [-0.1, -0.05) is 0 Å². The van der Waals surface area contributed by atoms with E-state index in [4.69, 9.17) is 9.84 Å². The van der Waals surface area contributed by atoms with Gasteiger partial charge in [-0.2, -0.15) is 0 Å². The zero-order valence-corrected chi connectivity index (χ0v) is 9.62. The molecule has 2 rings (SSSR count). The van der Waals surface area contributed by atoms with Gasteiger partial charge in [-0.25, -0.2) is 13.6 Å². The first-order valence-corrected chi connectivity index (χ1v) is 5.48. The van der Waals surface area contributed by atoms with Crippen LogP contribution in [0, 0.1) is 0 Å². The predicted molar refractivity (Wildman–Crippen MR) is 58.0 cm³/mol. The second kappa shape index (κ2) is 5.19. The Morgan fingerprint density at radius 1 is 1.47 bits per heavy atom. The van der Waals surface area contributed by atoms with Crippen LogP contribution >= 0.6 is 0 Å². The van der Waals surface area contributed by atoms with Crippen LogP contribution in [0.3, 0.4) is 0 Å². The van der Waals surface area contributed by atoms with Crippen molar-refractivity contribution < 1.29 is 23.7 Å². The maximum absolute atomic E-state index is 13.8. The molecule has 1 aromatic rings. The summed E-state index contributed by atoms with van der Waals surface area (Å²) >= 11 is 0. The number of aromatic nitrogens is 2. The summed E-state index contributed by atoms with van der Waals surface area (Å²) in [4.78, 5) is 24.5. The fraction of sp³-hybridized carbons (Fsp3) is 0.600. The van der Waals surface area contributed by atoms with Gasteiger partial charge in [0, 0.05) is 6.20 Å². The third-order valence-corrected chi connectivity index (χ3v) is 2.93. The molecule has 0 saturated carbocycles. The number of nitrogens with one attached hydrogen (secondary N) is 1. The first-order chi connectivity index (χ1) is 8.99. The predicted octanol–water partition coefficient (Wildman–Crippen LogP) is -1.41. The van der Waals surface area contributed by atoms with Crippen molar-refractivity contribution in [3.8, 4) is 0 Å². The number of hydrogen-bond donors (Lipinski definition) is 3. The molecule has 1 saturated heterocycles. The van der Waals surface area contributed by atoms with Crippen molar-refractivity contribution in [1.29, 1.82) is 0 Å². The summed E-state index contributed by atoms with van der Waals surface area (Å²) in [6.45, 7) is -1.77. The molecule has 9 heteroatoms. The SMILES string of the molecule is O=c1[nH]c(=O)n([C@@H]2O[C@H](CO)[C@@H](O)[C@H]2F)cc1CF. The number of alkyl halides is 2. The third-order valence-electron chi connectivity index (χ3n) is 2.93. The molecule has 19 heavy (non-hydrogen) atoms. The first kappa shape index (κ1) is 13.8. The molecule has 0 aliphatic carbocycles. The Labute approximate surface area is 105 Å². The van der Waals surface area contributed by atoms with Crippen LogP contribution in [0.25, 0.3) is 0 Å². The summed E-state index contributed by atoms with van der Waals surface area (Å²) < 4.78 is 32.0. The Hall–Kier alpha value is -1.58. The van der Waals surface area contributed by atoms with Crippen molar-refractivity contribution in [3.63, 3.8) is 0 Å². The number of rotatable bonds is 3. The van der Waals surface area contributed by atoms with E-state index < -0.39 is 49.1 Å². The van der Waals surface area contributed by atoms with Crippen LogP contribution in [0.4, 0.5) is 8.78 Å². The maximum Gasteiger partial charge on any atom is 0.330 e. The van der Waals surface area contributed by atoms with Crippen molar-refractivity contribution in [2.45, 2.75) is 31.3 Å². The number of H-pyrrole nitrogens is 1. The number of ether oxygens (including phenoxy) is 1. The maximum atomic E-state index is 13.8. The first-order valence-electron chi connectivity index (χ1n) is 5.48. The van der Waals surface area contributed by atoms with Gasteiger partial charge in [-0.15, -0.1) is 0 Å². The summed E-state index contributed by atoms with van der Waals surface area (Å²) in [7, 11) is 0. The minimum absolute atomic E-state index is 0.364. The third kappa shape index (κ3) is 2.31. The highest BCUT2D eigenvalue weighted by atomic mass is 19.1. The number of aliphatic hydroxyl groups is 2. The zero-order valence-electron chi connectivity index (χ0n) is 9.62. The average molecular weight is 278 g/mol. The second-order valence-corrected chi connectivity index (χ2v) is 4.14. The van der Waals surface area contributed by atoms with E-state index in [9.17, 15) is 23.5 Å². The molecule has 7 nitrogen and oxygen atoms in total. The molecule has 1 aromatic heterocycles. The Morgan fingerprint density at radius 3 is 2.68 bits per heavy atom. The van der Waals surface area contributed by atoms with Gasteiger partial charge in [0.05, 0.1) is 12.2 Å². The smallest absolute Gasteiger partial charge is 0.330 e. The van der Waals surface area contributed by atoms with Crippen molar-refractivity contribution >= 4 is 0 Å². The fourth-order valence-corrected chi connectivity index (χ4v) is 1.89. The van der Waals surface area contributed by atoms with E-state index in [2.05, 4.69) is 0 Å². The van der Waals surface area contributed by atoms with Crippen LogP contribution < -0.4 is 11.2 Å². The molecule has 0 radical (unpaired) electrons. The van der Waals surface area contributed by atoms with Gasteiger partial charge < -0.3 is 14.9 Å².